The van der Waals surface area contributed by atoms with E-state index in [0.717, 1.165) is 12.1 Å². The number of hydrogen-bond donors (Lipinski definition) is 1. The second-order valence-corrected chi connectivity index (χ2v) is 7.38. The molecule has 5 nitrogen and oxygen atoms in total. The Morgan fingerprint density at radius 2 is 1.85 bits per heavy atom. The molecule has 1 heterocycles. The van der Waals surface area contributed by atoms with Crippen molar-refractivity contribution in [1.82, 2.24) is 4.98 Å². The van der Waals surface area contributed by atoms with Gasteiger partial charge in [0, 0.05) is 17.1 Å². The van der Waals surface area contributed by atoms with Gasteiger partial charge in [0.2, 0.25) is 0 Å². The van der Waals surface area contributed by atoms with Crippen LogP contribution >= 0.6 is 11.6 Å². The van der Waals surface area contributed by atoms with Crippen LogP contribution in [0.15, 0.2) is 47.5 Å². The smallest absolute Gasteiger partial charge is 0.417 e. The summed E-state index contributed by atoms with van der Waals surface area (Å²) < 4.78 is 76.1. The average Bonchev–Trinajstić information content (AvgIpc) is 2.58. The number of pyridine rings is 1. The number of hydrogen-bond acceptors (Lipinski definition) is 4. The minimum absolute atomic E-state index is 0.0921. The summed E-state index contributed by atoms with van der Waals surface area (Å²) in [6.07, 6.45) is -3.30. The third-order valence-corrected chi connectivity index (χ3v) is 5.05. The molecule has 0 saturated heterocycles. The molecule has 0 radical (unpaired) electrons. The van der Waals surface area contributed by atoms with Gasteiger partial charge in [0.15, 0.2) is 0 Å². The SMILES string of the molecule is COc1cc(C(F)(F)F)c(Cl)cc1-c1nccc2cc(S(=O)(=O)O)ccc12. The van der Waals surface area contributed by atoms with E-state index in [1.54, 1.807) is 0 Å². The van der Waals surface area contributed by atoms with E-state index in [2.05, 4.69) is 4.98 Å². The number of fused-ring (bicyclic) bond motifs is 1. The van der Waals surface area contributed by atoms with Gasteiger partial charge < -0.3 is 4.74 Å². The summed E-state index contributed by atoms with van der Waals surface area (Å²) in [6, 6.07) is 7.18. The first-order chi connectivity index (χ1) is 12.5. The highest BCUT2D eigenvalue weighted by Crippen LogP contribution is 2.42. The van der Waals surface area contributed by atoms with Gasteiger partial charge in [0.05, 0.1) is 28.3 Å². The Labute approximate surface area is 157 Å². The lowest BCUT2D eigenvalue weighted by Gasteiger charge is -2.15. The summed E-state index contributed by atoms with van der Waals surface area (Å²) >= 11 is 5.81. The zero-order valence-electron chi connectivity index (χ0n) is 13.6. The van der Waals surface area contributed by atoms with Gasteiger partial charge >= 0.3 is 6.18 Å². The minimum atomic E-state index is -4.65. The van der Waals surface area contributed by atoms with E-state index in [9.17, 15) is 26.1 Å². The quantitative estimate of drug-likeness (QED) is 0.618. The molecule has 0 aliphatic heterocycles. The van der Waals surface area contributed by atoms with Crippen LogP contribution in [0, 0.1) is 0 Å². The maximum absolute atomic E-state index is 13.1. The van der Waals surface area contributed by atoms with Crippen LogP contribution in [0.5, 0.6) is 5.75 Å². The standard InChI is InChI=1S/C17H11ClF3NO4S/c1-26-15-8-13(17(19,20)21)14(18)7-12(15)16-11-3-2-10(27(23,24)25)6-9(11)4-5-22-16/h2-8H,1H3,(H,23,24,25). The molecule has 2 aromatic carbocycles. The van der Waals surface area contributed by atoms with Crippen LogP contribution in [0.2, 0.25) is 5.02 Å². The van der Waals surface area contributed by atoms with Gasteiger partial charge in [-0.15, -0.1) is 0 Å². The molecule has 0 fully saturated rings. The Balaban J connectivity index is 2.28. The maximum atomic E-state index is 13.1. The number of methoxy groups -OCH3 is 1. The van der Waals surface area contributed by atoms with Gasteiger partial charge in [-0.1, -0.05) is 17.7 Å². The van der Waals surface area contributed by atoms with Crippen molar-refractivity contribution < 1.29 is 30.9 Å². The van der Waals surface area contributed by atoms with E-state index < -0.39 is 26.9 Å². The highest BCUT2D eigenvalue weighted by molar-refractivity contribution is 7.85. The molecule has 27 heavy (non-hydrogen) atoms. The molecule has 3 rings (SSSR count). The van der Waals surface area contributed by atoms with E-state index in [-0.39, 0.29) is 21.9 Å². The normalized spacial score (nSPS) is 12.4. The Morgan fingerprint density at radius 1 is 1.15 bits per heavy atom. The molecule has 3 aromatic rings. The van der Waals surface area contributed by atoms with Crippen molar-refractivity contribution in [3.8, 4) is 17.0 Å². The number of rotatable bonds is 3. The fourth-order valence-corrected chi connectivity index (χ4v) is 3.44. The van der Waals surface area contributed by atoms with Gasteiger partial charge in [-0.2, -0.15) is 21.6 Å². The van der Waals surface area contributed by atoms with Crippen LogP contribution in [0.25, 0.3) is 22.0 Å². The first-order valence-electron chi connectivity index (χ1n) is 7.33. The van der Waals surface area contributed by atoms with E-state index in [1.807, 2.05) is 0 Å². The molecule has 0 bridgehead atoms. The molecule has 0 atom stereocenters. The van der Waals surface area contributed by atoms with Gasteiger partial charge in [0.25, 0.3) is 10.1 Å². The summed E-state index contributed by atoms with van der Waals surface area (Å²) in [5, 5.41) is 0.332. The van der Waals surface area contributed by atoms with Crippen molar-refractivity contribution in [3.63, 3.8) is 0 Å². The third kappa shape index (κ3) is 3.71. The average molecular weight is 418 g/mol. The Hall–Kier alpha value is -2.36. The van der Waals surface area contributed by atoms with Crippen molar-refractivity contribution in [2.75, 3.05) is 7.11 Å². The Bertz CT molecular complexity index is 1150. The molecular formula is C17H11ClF3NO4S. The highest BCUT2D eigenvalue weighted by Gasteiger charge is 2.34. The lowest BCUT2D eigenvalue weighted by Crippen LogP contribution is -2.07. The summed E-state index contributed by atoms with van der Waals surface area (Å²) in [5.74, 6) is -0.0921. The summed E-state index contributed by atoms with van der Waals surface area (Å²) in [6.45, 7) is 0. The monoisotopic (exact) mass is 417 g/mol. The first kappa shape index (κ1) is 19.4. The third-order valence-electron chi connectivity index (χ3n) is 3.88. The fourth-order valence-electron chi connectivity index (χ4n) is 2.66. The van der Waals surface area contributed by atoms with Crippen LogP contribution in [0.1, 0.15) is 5.56 Å². The highest BCUT2D eigenvalue weighted by atomic mass is 35.5. The van der Waals surface area contributed by atoms with Crippen molar-refractivity contribution in [1.29, 1.82) is 0 Å². The number of nitrogens with zero attached hydrogens (tertiary/aromatic N) is 1. The predicted octanol–water partition coefficient (Wildman–Crippen LogP) is 4.83. The zero-order valence-corrected chi connectivity index (χ0v) is 15.2. The van der Waals surface area contributed by atoms with Crippen molar-refractivity contribution in [2.24, 2.45) is 0 Å². The molecule has 10 heteroatoms. The maximum Gasteiger partial charge on any atom is 0.417 e. The molecule has 0 spiro atoms. The second-order valence-electron chi connectivity index (χ2n) is 5.55. The minimum Gasteiger partial charge on any atom is -0.496 e. The molecule has 1 N–H and O–H groups in total. The summed E-state index contributed by atoms with van der Waals surface area (Å²) in [4.78, 5) is 3.86. The largest absolute Gasteiger partial charge is 0.496 e. The molecule has 142 valence electrons. The molecule has 0 aliphatic rings. The van der Waals surface area contributed by atoms with E-state index >= 15 is 0 Å². The van der Waals surface area contributed by atoms with Crippen molar-refractivity contribution in [2.45, 2.75) is 11.1 Å². The number of alkyl halides is 3. The Morgan fingerprint density at radius 3 is 2.44 bits per heavy atom. The molecule has 0 amide bonds. The van der Waals surface area contributed by atoms with Gasteiger partial charge in [-0.3, -0.25) is 9.54 Å². The van der Waals surface area contributed by atoms with Crippen LogP contribution in [0.3, 0.4) is 0 Å². The zero-order chi connectivity index (χ0) is 20.0. The van der Waals surface area contributed by atoms with Gasteiger partial charge in [0.1, 0.15) is 5.75 Å². The first-order valence-corrected chi connectivity index (χ1v) is 9.15. The van der Waals surface area contributed by atoms with Crippen molar-refractivity contribution in [3.05, 3.63) is 53.2 Å². The number of ether oxygens (including phenoxy) is 1. The lowest BCUT2D eigenvalue weighted by molar-refractivity contribution is -0.137. The lowest BCUT2D eigenvalue weighted by atomic mass is 10.0. The van der Waals surface area contributed by atoms with Crippen LogP contribution in [-0.4, -0.2) is 25.1 Å². The van der Waals surface area contributed by atoms with Crippen LogP contribution < -0.4 is 4.74 Å². The molecule has 0 unspecified atom stereocenters. The Kier molecular flexibility index (Phi) is 4.79. The molecule has 0 saturated carbocycles. The predicted molar refractivity (Wildman–Crippen MR) is 93.6 cm³/mol. The van der Waals surface area contributed by atoms with E-state index in [0.29, 0.717) is 10.8 Å². The topological polar surface area (TPSA) is 76.5 Å². The van der Waals surface area contributed by atoms with Crippen LogP contribution in [-0.2, 0) is 16.3 Å². The number of aromatic nitrogens is 1. The van der Waals surface area contributed by atoms with Gasteiger partial charge in [-0.25, -0.2) is 0 Å². The van der Waals surface area contributed by atoms with Crippen molar-refractivity contribution >= 4 is 32.5 Å². The number of benzene rings is 2. The summed E-state index contributed by atoms with van der Waals surface area (Å²) in [5.41, 5.74) is -0.582. The molecular weight excluding hydrogens is 407 g/mol. The molecule has 1 aromatic heterocycles. The number of halogens is 4. The second kappa shape index (κ2) is 6.66. The van der Waals surface area contributed by atoms with E-state index in [1.165, 1.54) is 37.6 Å². The molecule has 0 aliphatic carbocycles. The summed E-state index contributed by atoms with van der Waals surface area (Å²) in [7, 11) is -3.19. The van der Waals surface area contributed by atoms with E-state index in [4.69, 9.17) is 16.3 Å². The fraction of sp³-hybridized carbons (Fsp3) is 0.118. The van der Waals surface area contributed by atoms with Crippen LogP contribution in [0.4, 0.5) is 13.2 Å². The van der Waals surface area contributed by atoms with Gasteiger partial charge in [-0.05, 0) is 35.7 Å².